The third-order valence-corrected chi connectivity index (χ3v) is 4.11. The van der Waals surface area contributed by atoms with Gasteiger partial charge in [-0.1, -0.05) is 13.3 Å². The zero-order chi connectivity index (χ0) is 10.3. The molecule has 3 rings (SSSR count). The molecule has 82 valence electrons. The normalized spacial score (nSPS) is 33.8. The first-order chi connectivity index (χ1) is 7.36. The summed E-state index contributed by atoms with van der Waals surface area (Å²) in [5.74, 6) is 4.72. The van der Waals surface area contributed by atoms with Gasteiger partial charge in [-0.3, -0.25) is 5.10 Å². The Labute approximate surface area is 90.7 Å². The second-order valence-electron chi connectivity index (χ2n) is 5.17. The molecule has 2 aliphatic carbocycles. The van der Waals surface area contributed by atoms with Gasteiger partial charge in [0.1, 0.15) is 5.82 Å². The van der Waals surface area contributed by atoms with E-state index in [2.05, 4.69) is 22.1 Å². The predicted molar refractivity (Wildman–Crippen MR) is 58.6 cm³/mol. The van der Waals surface area contributed by atoms with Crippen LogP contribution in [0.25, 0.3) is 0 Å². The standard InChI is InChI=1S/C12H19N3/c1-2-3-11-13-12(15-14-11)10-7-8-4-5-9(10)6-8/h8-10H,2-7H2,1H3,(H,13,14,15). The van der Waals surface area contributed by atoms with Crippen molar-refractivity contribution in [1.82, 2.24) is 15.2 Å². The molecule has 1 aromatic heterocycles. The van der Waals surface area contributed by atoms with E-state index in [0.717, 1.165) is 36.3 Å². The third kappa shape index (κ3) is 1.58. The van der Waals surface area contributed by atoms with Crippen molar-refractivity contribution in [2.24, 2.45) is 11.8 Å². The lowest BCUT2D eigenvalue weighted by molar-refractivity contribution is 0.406. The van der Waals surface area contributed by atoms with Gasteiger partial charge in [-0.2, -0.15) is 5.10 Å². The van der Waals surface area contributed by atoms with E-state index in [4.69, 9.17) is 0 Å². The zero-order valence-corrected chi connectivity index (χ0v) is 9.37. The molecule has 1 N–H and O–H groups in total. The van der Waals surface area contributed by atoms with E-state index in [9.17, 15) is 0 Å². The number of aromatic amines is 1. The SMILES string of the molecule is CCCc1nc(C2CC3CCC2C3)n[nH]1. The van der Waals surface area contributed by atoms with Crippen LogP contribution < -0.4 is 0 Å². The fourth-order valence-corrected chi connectivity index (χ4v) is 3.39. The summed E-state index contributed by atoms with van der Waals surface area (Å²) >= 11 is 0. The van der Waals surface area contributed by atoms with E-state index in [-0.39, 0.29) is 0 Å². The number of H-pyrrole nitrogens is 1. The van der Waals surface area contributed by atoms with Crippen molar-refractivity contribution in [3.63, 3.8) is 0 Å². The highest BCUT2D eigenvalue weighted by atomic mass is 15.2. The van der Waals surface area contributed by atoms with Crippen LogP contribution in [0.2, 0.25) is 0 Å². The number of nitrogens with zero attached hydrogens (tertiary/aromatic N) is 2. The van der Waals surface area contributed by atoms with Crippen molar-refractivity contribution >= 4 is 0 Å². The fraction of sp³-hybridized carbons (Fsp3) is 0.833. The summed E-state index contributed by atoms with van der Waals surface area (Å²) in [6.45, 7) is 2.18. The number of hydrogen-bond acceptors (Lipinski definition) is 2. The number of rotatable bonds is 3. The van der Waals surface area contributed by atoms with Crippen LogP contribution in [-0.2, 0) is 6.42 Å². The highest BCUT2D eigenvalue weighted by Crippen LogP contribution is 2.51. The van der Waals surface area contributed by atoms with Crippen LogP contribution in [0, 0.1) is 11.8 Å². The molecular formula is C12H19N3. The van der Waals surface area contributed by atoms with Gasteiger partial charge < -0.3 is 0 Å². The smallest absolute Gasteiger partial charge is 0.154 e. The lowest BCUT2D eigenvalue weighted by Crippen LogP contribution is -2.10. The Hall–Kier alpha value is -0.860. The quantitative estimate of drug-likeness (QED) is 0.824. The van der Waals surface area contributed by atoms with Gasteiger partial charge in [0.2, 0.25) is 0 Å². The molecule has 0 amide bonds. The molecule has 1 heterocycles. The third-order valence-electron chi connectivity index (χ3n) is 4.11. The first kappa shape index (κ1) is 9.37. The Balaban J connectivity index is 1.75. The van der Waals surface area contributed by atoms with Crippen LogP contribution in [0.5, 0.6) is 0 Å². The molecule has 3 nitrogen and oxygen atoms in total. The molecule has 0 saturated heterocycles. The van der Waals surface area contributed by atoms with Crippen LogP contribution in [0.3, 0.4) is 0 Å². The number of aryl methyl sites for hydroxylation is 1. The molecule has 2 bridgehead atoms. The zero-order valence-electron chi connectivity index (χ0n) is 9.37. The first-order valence-electron chi connectivity index (χ1n) is 6.28. The Kier molecular flexibility index (Phi) is 2.26. The molecule has 2 aliphatic rings. The van der Waals surface area contributed by atoms with Gasteiger partial charge >= 0.3 is 0 Å². The van der Waals surface area contributed by atoms with Gasteiger partial charge in [-0.25, -0.2) is 4.98 Å². The van der Waals surface area contributed by atoms with E-state index >= 15 is 0 Å². The topological polar surface area (TPSA) is 41.6 Å². The van der Waals surface area contributed by atoms with E-state index in [1.165, 1.54) is 25.7 Å². The molecule has 3 unspecified atom stereocenters. The van der Waals surface area contributed by atoms with Crippen LogP contribution in [0.1, 0.15) is 56.6 Å². The predicted octanol–water partition coefficient (Wildman–Crippen LogP) is 2.66. The Morgan fingerprint density at radius 3 is 2.93 bits per heavy atom. The highest BCUT2D eigenvalue weighted by Gasteiger charge is 2.41. The van der Waals surface area contributed by atoms with Crippen molar-refractivity contribution in [3.05, 3.63) is 11.6 Å². The molecule has 2 fully saturated rings. The average molecular weight is 205 g/mol. The lowest BCUT2D eigenvalue weighted by atomic mass is 9.88. The average Bonchev–Trinajstić information content (AvgIpc) is 2.91. The van der Waals surface area contributed by atoms with Gasteiger partial charge in [0.15, 0.2) is 5.82 Å². The summed E-state index contributed by atoms with van der Waals surface area (Å²) in [4.78, 5) is 4.63. The molecule has 15 heavy (non-hydrogen) atoms. The van der Waals surface area contributed by atoms with E-state index in [1.807, 2.05) is 0 Å². The van der Waals surface area contributed by atoms with Gasteiger partial charge in [-0.05, 0) is 37.5 Å². The van der Waals surface area contributed by atoms with E-state index in [0.29, 0.717) is 5.92 Å². The molecule has 0 aliphatic heterocycles. The molecular weight excluding hydrogens is 186 g/mol. The maximum atomic E-state index is 4.63. The van der Waals surface area contributed by atoms with Gasteiger partial charge in [-0.15, -0.1) is 0 Å². The van der Waals surface area contributed by atoms with Crippen molar-refractivity contribution in [3.8, 4) is 0 Å². The fourth-order valence-electron chi connectivity index (χ4n) is 3.39. The van der Waals surface area contributed by atoms with Crippen molar-refractivity contribution in [2.75, 3.05) is 0 Å². The van der Waals surface area contributed by atoms with Gasteiger partial charge in [0, 0.05) is 12.3 Å². The second kappa shape index (κ2) is 3.62. The summed E-state index contributed by atoms with van der Waals surface area (Å²) in [6.07, 6.45) is 7.82. The van der Waals surface area contributed by atoms with Crippen LogP contribution >= 0.6 is 0 Å². The lowest BCUT2D eigenvalue weighted by Gasteiger charge is -2.17. The molecule has 0 aromatic carbocycles. The minimum atomic E-state index is 0.672. The second-order valence-corrected chi connectivity index (χ2v) is 5.17. The summed E-state index contributed by atoms with van der Waals surface area (Å²) in [5, 5.41) is 7.48. The number of fused-ring (bicyclic) bond motifs is 2. The Morgan fingerprint density at radius 1 is 1.33 bits per heavy atom. The first-order valence-corrected chi connectivity index (χ1v) is 6.28. The van der Waals surface area contributed by atoms with Gasteiger partial charge in [0.05, 0.1) is 0 Å². The van der Waals surface area contributed by atoms with Crippen LogP contribution in [-0.4, -0.2) is 15.2 Å². The summed E-state index contributed by atoms with van der Waals surface area (Å²) < 4.78 is 0. The number of aromatic nitrogens is 3. The summed E-state index contributed by atoms with van der Waals surface area (Å²) in [6, 6.07) is 0. The van der Waals surface area contributed by atoms with Crippen LogP contribution in [0.15, 0.2) is 0 Å². The summed E-state index contributed by atoms with van der Waals surface area (Å²) in [5.41, 5.74) is 0. The van der Waals surface area contributed by atoms with Crippen LogP contribution in [0.4, 0.5) is 0 Å². The van der Waals surface area contributed by atoms with E-state index < -0.39 is 0 Å². The van der Waals surface area contributed by atoms with E-state index in [1.54, 1.807) is 0 Å². The minimum Gasteiger partial charge on any atom is -0.263 e. The summed E-state index contributed by atoms with van der Waals surface area (Å²) in [7, 11) is 0. The largest absolute Gasteiger partial charge is 0.263 e. The maximum absolute atomic E-state index is 4.63. The minimum absolute atomic E-state index is 0.672. The Bertz CT molecular complexity index is 344. The Morgan fingerprint density at radius 2 is 2.27 bits per heavy atom. The number of nitrogens with one attached hydrogen (secondary N) is 1. The molecule has 0 radical (unpaired) electrons. The van der Waals surface area contributed by atoms with Crippen molar-refractivity contribution in [2.45, 2.75) is 51.4 Å². The van der Waals surface area contributed by atoms with Gasteiger partial charge in [0.25, 0.3) is 0 Å². The maximum Gasteiger partial charge on any atom is 0.154 e. The molecule has 3 heteroatoms. The van der Waals surface area contributed by atoms with Crippen molar-refractivity contribution in [1.29, 1.82) is 0 Å². The van der Waals surface area contributed by atoms with Crippen molar-refractivity contribution < 1.29 is 0 Å². The molecule has 3 atom stereocenters. The highest BCUT2D eigenvalue weighted by molar-refractivity contribution is 5.07. The number of hydrogen-bond donors (Lipinski definition) is 1. The molecule has 2 saturated carbocycles. The monoisotopic (exact) mass is 205 g/mol. The molecule has 1 aromatic rings. The molecule has 0 spiro atoms.